The second-order valence-corrected chi connectivity index (χ2v) is 5.48. The Morgan fingerprint density at radius 1 is 1.37 bits per heavy atom. The van der Waals surface area contributed by atoms with Crippen LogP contribution in [0.25, 0.3) is 0 Å². The highest BCUT2D eigenvalue weighted by Gasteiger charge is 2.23. The summed E-state index contributed by atoms with van der Waals surface area (Å²) >= 11 is 0. The predicted octanol–water partition coefficient (Wildman–Crippen LogP) is 2.51. The van der Waals surface area contributed by atoms with Crippen molar-refractivity contribution in [1.29, 1.82) is 0 Å². The van der Waals surface area contributed by atoms with Gasteiger partial charge in [0.15, 0.2) is 0 Å². The molecule has 0 atom stereocenters. The highest BCUT2D eigenvalue weighted by Crippen LogP contribution is 2.16. The van der Waals surface area contributed by atoms with E-state index in [4.69, 9.17) is 9.47 Å². The van der Waals surface area contributed by atoms with Crippen LogP contribution in [-0.4, -0.2) is 42.3 Å². The number of amides is 1. The zero-order valence-electron chi connectivity index (χ0n) is 12.2. The molecule has 0 saturated carbocycles. The van der Waals surface area contributed by atoms with E-state index < -0.39 is 5.60 Å². The lowest BCUT2D eigenvalue weighted by molar-refractivity contribution is -0.138. The molecule has 1 heterocycles. The minimum absolute atomic E-state index is 0.284. The summed E-state index contributed by atoms with van der Waals surface area (Å²) in [6.45, 7) is 8.64. The highest BCUT2D eigenvalue weighted by atomic mass is 16.6. The van der Waals surface area contributed by atoms with Crippen LogP contribution >= 0.6 is 0 Å². The fourth-order valence-corrected chi connectivity index (χ4v) is 1.78. The molecule has 108 valence electrons. The molecule has 0 saturated heterocycles. The quantitative estimate of drug-likeness (QED) is 0.723. The van der Waals surface area contributed by atoms with Gasteiger partial charge in [-0.05, 0) is 40.5 Å². The average Bonchev–Trinajstić information content (AvgIpc) is 2.52. The summed E-state index contributed by atoms with van der Waals surface area (Å²) in [6, 6.07) is 0. The first-order valence-corrected chi connectivity index (χ1v) is 6.67. The average molecular weight is 269 g/mol. The van der Waals surface area contributed by atoms with E-state index in [-0.39, 0.29) is 12.1 Å². The maximum atomic E-state index is 11.9. The molecule has 0 unspecified atom stereocenters. The summed E-state index contributed by atoms with van der Waals surface area (Å²) in [5.74, 6) is -0.284. The zero-order valence-corrected chi connectivity index (χ0v) is 12.2. The highest BCUT2D eigenvalue weighted by molar-refractivity contribution is 5.88. The first kappa shape index (κ1) is 15.5. The van der Waals surface area contributed by atoms with Gasteiger partial charge in [-0.3, -0.25) is 0 Å². The Bertz CT molecular complexity index is 368. The van der Waals surface area contributed by atoms with Crippen molar-refractivity contribution in [3.8, 4) is 0 Å². The Balaban J connectivity index is 2.61. The topological polar surface area (TPSA) is 55.8 Å². The van der Waals surface area contributed by atoms with Crippen LogP contribution in [0.3, 0.4) is 0 Å². The maximum Gasteiger partial charge on any atom is 0.410 e. The van der Waals surface area contributed by atoms with E-state index in [1.54, 1.807) is 17.9 Å². The van der Waals surface area contributed by atoms with Crippen LogP contribution in [0.4, 0.5) is 4.79 Å². The molecule has 5 nitrogen and oxygen atoms in total. The lowest BCUT2D eigenvalue weighted by Gasteiger charge is -2.25. The molecule has 0 spiro atoms. The number of hydrogen-bond donors (Lipinski definition) is 0. The molecule has 0 aliphatic carbocycles. The summed E-state index contributed by atoms with van der Waals surface area (Å²) in [5.41, 5.74) is 0.143. The van der Waals surface area contributed by atoms with Crippen LogP contribution < -0.4 is 0 Å². The normalized spacial score (nSPS) is 16.4. The van der Waals surface area contributed by atoms with Crippen LogP contribution in [0.2, 0.25) is 0 Å². The molecule has 1 amide bonds. The van der Waals surface area contributed by atoms with Crippen molar-refractivity contribution in [1.82, 2.24) is 4.90 Å². The van der Waals surface area contributed by atoms with Gasteiger partial charge < -0.3 is 14.4 Å². The fraction of sp³-hybridized carbons (Fsp3) is 0.714. The summed E-state index contributed by atoms with van der Waals surface area (Å²) in [5, 5.41) is 0. The second kappa shape index (κ2) is 6.59. The van der Waals surface area contributed by atoms with E-state index >= 15 is 0 Å². The largest absolute Gasteiger partial charge is 0.463 e. The van der Waals surface area contributed by atoms with Gasteiger partial charge in [0, 0.05) is 18.7 Å². The standard InChI is InChI=1S/C14H23NO4/c1-5-18-12(16)11-7-6-9-15(10-8-11)13(17)19-14(2,3)4/h8H,5-7,9-10H2,1-4H3. The van der Waals surface area contributed by atoms with Crippen LogP contribution in [0.5, 0.6) is 0 Å². The molecule has 0 radical (unpaired) electrons. The van der Waals surface area contributed by atoms with Crippen LogP contribution in [0.1, 0.15) is 40.5 Å². The Kier molecular flexibility index (Phi) is 5.39. The van der Waals surface area contributed by atoms with Gasteiger partial charge in [-0.25, -0.2) is 9.59 Å². The van der Waals surface area contributed by atoms with Gasteiger partial charge in [0.25, 0.3) is 0 Å². The van der Waals surface area contributed by atoms with Crippen molar-refractivity contribution in [3.05, 3.63) is 11.6 Å². The third-order valence-electron chi connectivity index (χ3n) is 2.62. The summed E-state index contributed by atoms with van der Waals surface area (Å²) < 4.78 is 10.3. The number of esters is 1. The van der Waals surface area contributed by atoms with Crippen molar-refractivity contribution in [2.75, 3.05) is 19.7 Å². The van der Waals surface area contributed by atoms with E-state index in [0.717, 1.165) is 6.42 Å². The number of rotatable bonds is 2. The Hall–Kier alpha value is -1.52. The van der Waals surface area contributed by atoms with Gasteiger partial charge in [-0.2, -0.15) is 0 Å². The third-order valence-corrected chi connectivity index (χ3v) is 2.62. The molecule has 19 heavy (non-hydrogen) atoms. The third kappa shape index (κ3) is 5.32. The predicted molar refractivity (Wildman–Crippen MR) is 71.8 cm³/mol. The molecule has 0 bridgehead atoms. The SMILES string of the molecule is CCOC(=O)C1=CCN(C(=O)OC(C)(C)C)CCC1. The van der Waals surface area contributed by atoms with Gasteiger partial charge in [-0.15, -0.1) is 0 Å². The van der Waals surface area contributed by atoms with Crippen LogP contribution in [0, 0.1) is 0 Å². The Labute approximate surface area is 114 Å². The Morgan fingerprint density at radius 3 is 2.63 bits per heavy atom. The summed E-state index contributed by atoms with van der Waals surface area (Å²) in [4.78, 5) is 25.2. The smallest absolute Gasteiger partial charge is 0.410 e. The second-order valence-electron chi connectivity index (χ2n) is 5.48. The molecule has 1 aliphatic rings. The van der Waals surface area contributed by atoms with Crippen LogP contribution in [0.15, 0.2) is 11.6 Å². The number of carbonyl (C=O) groups is 2. The molecule has 0 N–H and O–H groups in total. The molecule has 0 aromatic rings. The van der Waals surface area contributed by atoms with E-state index in [0.29, 0.717) is 31.7 Å². The number of hydrogen-bond acceptors (Lipinski definition) is 4. The van der Waals surface area contributed by atoms with Gasteiger partial charge in [0.05, 0.1) is 6.61 Å². The molecule has 0 aromatic carbocycles. The molecule has 0 aromatic heterocycles. The fourth-order valence-electron chi connectivity index (χ4n) is 1.78. The van der Waals surface area contributed by atoms with Crippen molar-refractivity contribution < 1.29 is 19.1 Å². The first-order chi connectivity index (χ1) is 8.83. The van der Waals surface area contributed by atoms with Gasteiger partial charge in [0.2, 0.25) is 0 Å². The van der Waals surface area contributed by atoms with Crippen molar-refractivity contribution in [2.24, 2.45) is 0 Å². The first-order valence-electron chi connectivity index (χ1n) is 6.67. The lowest BCUT2D eigenvalue weighted by atomic mass is 10.1. The minimum Gasteiger partial charge on any atom is -0.463 e. The number of nitrogens with zero attached hydrogens (tertiary/aromatic N) is 1. The molecule has 1 aliphatic heterocycles. The summed E-state index contributed by atoms with van der Waals surface area (Å²) in [7, 11) is 0. The monoisotopic (exact) mass is 269 g/mol. The van der Waals surface area contributed by atoms with Gasteiger partial charge in [-0.1, -0.05) is 6.08 Å². The molecule has 1 rings (SSSR count). The molecular weight excluding hydrogens is 246 g/mol. The van der Waals surface area contributed by atoms with Crippen molar-refractivity contribution in [3.63, 3.8) is 0 Å². The number of ether oxygens (including phenoxy) is 2. The lowest BCUT2D eigenvalue weighted by Crippen LogP contribution is -2.37. The molecule has 0 fully saturated rings. The van der Waals surface area contributed by atoms with Crippen molar-refractivity contribution in [2.45, 2.75) is 46.1 Å². The van der Waals surface area contributed by atoms with Crippen LogP contribution in [-0.2, 0) is 14.3 Å². The van der Waals surface area contributed by atoms with E-state index in [1.165, 1.54) is 0 Å². The maximum absolute atomic E-state index is 11.9. The van der Waals surface area contributed by atoms with Crippen molar-refractivity contribution >= 4 is 12.1 Å². The van der Waals surface area contributed by atoms with E-state index in [2.05, 4.69) is 0 Å². The molecule has 5 heteroatoms. The Morgan fingerprint density at radius 2 is 2.05 bits per heavy atom. The number of carbonyl (C=O) groups excluding carboxylic acids is 2. The van der Waals surface area contributed by atoms with Gasteiger partial charge >= 0.3 is 12.1 Å². The minimum atomic E-state index is -0.503. The van der Waals surface area contributed by atoms with E-state index in [9.17, 15) is 9.59 Å². The molecular formula is C14H23NO4. The van der Waals surface area contributed by atoms with E-state index in [1.807, 2.05) is 20.8 Å². The van der Waals surface area contributed by atoms with Gasteiger partial charge in [0.1, 0.15) is 5.60 Å². The zero-order chi connectivity index (χ0) is 14.5. The summed E-state index contributed by atoms with van der Waals surface area (Å²) in [6.07, 6.45) is 2.80.